The second-order valence-corrected chi connectivity index (χ2v) is 5.76. The lowest BCUT2D eigenvalue weighted by Crippen LogP contribution is -2.49. The third-order valence-corrected chi connectivity index (χ3v) is 4.37. The summed E-state index contributed by atoms with van der Waals surface area (Å²) in [6.45, 7) is 5.54. The van der Waals surface area contributed by atoms with Crippen molar-refractivity contribution in [2.45, 2.75) is 45.3 Å². The molecule has 1 saturated carbocycles. The van der Waals surface area contributed by atoms with Gasteiger partial charge in [-0.2, -0.15) is 0 Å². The van der Waals surface area contributed by atoms with Crippen LogP contribution in [0, 0.1) is 19.3 Å². The molecular formula is C15H22N4O. The van der Waals surface area contributed by atoms with E-state index in [1.54, 1.807) is 0 Å². The number of nitrogens with two attached hydrogens (primary N) is 1. The predicted octanol–water partition coefficient (Wildman–Crippen LogP) is 1.74. The van der Waals surface area contributed by atoms with Crippen LogP contribution in [0.2, 0.25) is 0 Å². The second kappa shape index (κ2) is 5.05. The lowest BCUT2D eigenvalue weighted by atomic mass is 10.0. The molecule has 0 bridgehead atoms. The first-order chi connectivity index (χ1) is 9.58. The molecule has 1 saturated heterocycles. The van der Waals surface area contributed by atoms with Gasteiger partial charge in [-0.25, -0.2) is 0 Å². The second-order valence-electron chi connectivity index (χ2n) is 5.76. The largest absolute Gasteiger partial charge is 0.384 e. The third kappa shape index (κ3) is 2.16. The van der Waals surface area contributed by atoms with Crippen LogP contribution in [0.25, 0.3) is 0 Å². The number of fused-ring (bicyclic) bond motifs is 1. The molecule has 5 heteroatoms. The highest BCUT2D eigenvalue weighted by molar-refractivity contribution is 6.01. The zero-order chi connectivity index (χ0) is 14.3. The van der Waals surface area contributed by atoms with E-state index in [4.69, 9.17) is 15.9 Å². The summed E-state index contributed by atoms with van der Waals surface area (Å²) >= 11 is 0. The maximum Gasteiger partial charge on any atom is 0.126 e. The number of hydrogen-bond acceptors (Lipinski definition) is 4. The third-order valence-electron chi connectivity index (χ3n) is 4.37. The molecule has 3 rings (SSSR count). The molecule has 0 radical (unpaired) electrons. The Balaban J connectivity index is 2.06. The maximum atomic E-state index is 7.87. The van der Waals surface area contributed by atoms with Gasteiger partial charge in [-0.1, -0.05) is 0 Å². The number of nitrogens with one attached hydrogen (secondary N) is 1. The highest BCUT2D eigenvalue weighted by Crippen LogP contribution is 2.35. The van der Waals surface area contributed by atoms with Gasteiger partial charge in [0, 0.05) is 12.2 Å². The van der Waals surface area contributed by atoms with Gasteiger partial charge in [0.05, 0.1) is 35.7 Å². The van der Waals surface area contributed by atoms with E-state index in [1.165, 1.54) is 6.42 Å². The first-order valence-electron chi connectivity index (χ1n) is 7.29. The van der Waals surface area contributed by atoms with Gasteiger partial charge in [0.25, 0.3) is 0 Å². The zero-order valence-electron chi connectivity index (χ0n) is 12.1. The number of aromatic nitrogens is 1. The number of nitrogen functional groups attached to an aromatic ring is 1. The van der Waals surface area contributed by atoms with Gasteiger partial charge in [-0.15, -0.1) is 0 Å². The number of rotatable bonds is 2. The number of nitrogens with zero attached hydrogens (tertiary/aromatic N) is 2. The van der Waals surface area contributed by atoms with Crippen LogP contribution in [0.4, 0.5) is 5.69 Å². The topological polar surface area (TPSA) is 75.2 Å². The van der Waals surface area contributed by atoms with Crippen molar-refractivity contribution in [3.63, 3.8) is 0 Å². The van der Waals surface area contributed by atoms with Crippen LogP contribution in [0.15, 0.2) is 6.07 Å². The molecule has 1 aromatic heterocycles. The average Bonchev–Trinajstić information content (AvgIpc) is 2.84. The lowest BCUT2D eigenvalue weighted by molar-refractivity contribution is 0.0256. The quantitative estimate of drug-likeness (QED) is 0.636. The van der Waals surface area contributed by atoms with E-state index in [0.717, 1.165) is 48.6 Å². The van der Waals surface area contributed by atoms with Crippen molar-refractivity contribution in [2.75, 3.05) is 18.1 Å². The number of aryl methyl sites for hydroxylation is 2. The summed E-state index contributed by atoms with van der Waals surface area (Å²) in [6.07, 6.45) is 3.84. The molecule has 3 N–H and O–H groups in total. The van der Waals surface area contributed by atoms with E-state index in [-0.39, 0.29) is 5.84 Å². The molecule has 0 aromatic carbocycles. The Morgan fingerprint density at radius 1 is 1.45 bits per heavy atom. The van der Waals surface area contributed by atoms with Gasteiger partial charge in [-0.05, 0) is 39.2 Å². The Labute approximate surface area is 119 Å². The van der Waals surface area contributed by atoms with E-state index in [1.807, 2.05) is 13.8 Å². The van der Waals surface area contributed by atoms with Crippen LogP contribution in [-0.4, -0.2) is 36.1 Å². The first-order valence-corrected chi connectivity index (χ1v) is 7.29. The SMILES string of the molecule is Cc1cc(N2CCOC3CCCC32)c(C(=N)N)c(C)n1. The summed E-state index contributed by atoms with van der Waals surface area (Å²) in [5.74, 6) is 0.103. The molecule has 2 aliphatic rings. The summed E-state index contributed by atoms with van der Waals surface area (Å²) in [5, 5.41) is 7.87. The van der Waals surface area contributed by atoms with Crippen LogP contribution in [-0.2, 0) is 4.74 Å². The fraction of sp³-hybridized carbons (Fsp3) is 0.600. The van der Waals surface area contributed by atoms with Crippen molar-refractivity contribution >= 4 is 11.5 Å². The van der Waals surface area contributed by atoms with Crippen molar-refractivity contribution in [1.29, 1.82) is 5.41 Å². The summed E-state index contributed by atoms with van der Waals surface area (Å²) in [4.78, 5) is 6.85. The van der Waals surface area contributed by atoms with E-state index in [2.05, 4.69) is 16.0 Å². The summed E-state index contributed by atoms with van der Waals surface area (Å²) < 4.78 is 5.87. The van der Waals surface area contributed by atoms with E-state index >= 15 is 0 Å². The number of hydrogen-bond donors (Lipinski definition) is 2. The predicted molar refractivity (Wildman–Crippen MR) is 79.5 cm³/mol. The molecule has 2 heterocycles. The summed E-state index contributed by atoms with van der Waals surface area (Å²) in [6, 6.07) is 2.48. The molecule has 2 unspecified atom stereocenters. The molecule has 0 spiro atoms. The number of ether oxygens (including phenoxy) is 1. The average molecular weight is 274 g/mol. The molecule has 2 fully saturated rings. The minimum Gasteiger partial charge on any atom is -0.384 e. The molecule has 20 heavy (non-hydrogen) atoms. The molecule has 1 aliphatic heterocycles. The van der Waals surface area contributed by atoms with Crippen molar-refractivity contribution in [1.82, 2.24) is 4.98 Å². The molecular weight excluding hydrogens is 252 g/mol. The highest BCUT2D eigenvalue weighted by Gasteiger charge is 2.37. The Bertz CT molecular complexity index is 543. The molecule has 1 aromatic rings. The van der Waals surface area contributed by atoms with Gasteiger partial charge in [-0.3, -0.25) is 10.4 Å². The highest BCUT2D eigenvalue weighted by atomic mass is 16.5. The fourth-order valence-electron chi connectivity index (χ4n) is 3.59. The number of pyridine rings is 1. The molecule has 108 valence electrons. The van der Waals surface area contributed by atoms with Crippen LogP contribution in [0.3, 0.4) is 0 Å². The van der Waals surface area contributed by atoms with Gasteiger partial charge in [0.15, 0.2) is 0 Å². The first kappa shape index (κ1) is 13.4. The van der Waals surface area contributed by atoms with E-state index in [9.17, 15) is 0 Å². The summed E-state index contributed by atoms with van der Waals surface area (Å²) in [5.41, 5.74) is 9.45. The monoisotopic (exact) mass is 274 g/mol. The standard InChI is InChI=1S/C15H22N4O/c1-9-8-12(14(15(16)17)10(2)18-9)19-6-7-20-13-5-3-4-11(13)19/h8,11,13H,3-7H2,1-2H3,(H3,16,17). The van der Waals surface area contributed by atoms with Crippen LogP contribution in [0.1, 0.15) is 36.2 Å². The number of anilines is 1. The Morgan fingerprint density at radius 2 is 2.25 bits per heavy atom. The Kier molecular flexibility index (Phi) is 3.38. The van der Waals surface area contributed by atoms with Gasteiger partial charge < -0.3 is 15.4 Å². The van der Waals surface area contributed by atoms with E-state index < -0.39 is 0 Å². The van der Waals surface area contributed by atoms with Gasteiger partial charge in [0.1, 0.15) is 5.84 Å². The van der Waals surface area contributed by atoms with Crippen LogP contribution < -0.4 is 10.6 Å². The van der Waals surface area contributed by atoms with Crippen molar-refractivity contribution in [3.05, 3.63) is 23.0 Å². The Hall–Kier alpha value is -1.62. The van der Waals surface area contributed by atoms with Crippen molar-refractivity contribution < 1.29 is 4.74 Å². The van der Waals surface area contributed by atoms with Crippen LogP contribution >= 0.6 is 0 Å². The van der Waals surface area contributed by atoms with E-state index in [0.29, 0.717) is 12.1 Å². The molecule has 2 atom stereocenters. The van der Waals surface area contributed by atoms with Gasteiger partial charge >= 0.3 is 0 Å². The van der Waals surface area contributed by atoms with Gasteiger partial charge in [0.2, 0.25) is 0 Å². The number of amidine groups is 1. The smallest absolute Gasteiger partial charge is 0.126 e. The molecule has 1 aliphatic carbocycles. The maximum absolute atomic E-state index is 7.87. The molecule has 5 nitrogen and oxygen atoms in total. The minimum atomic E-state index is 0.103. The summed E-state index contributed by atoms with van der Waals surface area (Å²) in [7, 11) is 0. The lowest BCUT2D eigenvalue weighted by Gasteiger charge is -2.40. The molecule has 0 amide bonds. The minimum absolute atomic E-state index is 0.103. The zero-order valence-corrected chi connectivity index (χ0v) is 12.1. The Morgan fingerprint density at radius 3 is 3.00 bits per heavy atom. The normalized spacial score (nSPS) is 25.6. The van der Waals surface area contributed by atoms with Crippen molar-refractivity contribution in [2.24, 2.45) is 5.73 Å². The van der Waals surface area contributed by atoms with Crippen molar-refractivity contribution in [3.8, 4) is 0 Å². The van der Waals surface area contributed by atoms with Crippen LogP contribution in [0.5, 0.6) is 0 Å². The fourth-order valence-corrected chi connectivity index (χ4v) is 3.59. The number of morpholine rings is 1.